The lowest BCUT2D eigenvalue weighted by Gasteiger charge is -2.09. The highest BCUT2D eigenvalue weighted by atomic mass is 19.3. The van der Waals surface area contributed by atoms with Crippen molar-refractivity contribution in [3.8, 4) is 6.01 Å². The molecule has 14 heavy (non-hydrogen) atoms. The van der Waals surface area contributed by atoms with Crippen molar-refractivity contribution in [1.82, 2.24) is 9.55 Å². The molecule has 0 amide bonds. The van der Waals surface area contributed by atoms with Crippen LogP contribution in [0.2, 0.25) is 0 Å². The normalized spacial score (nSPS) is 10.6. The molecule has 0 bridgehead atoms. The van der Waals surface area contributed by atoms with E-state index >= 15 is 0 Å². The molecule has 1 heterocycles. The van der Waals surface area contributed by atoms with Crippen LogP contribution < -0.4 is 10.3 Å². The molecule has 1 aromatic rings. The first-order valence-corrected chi connectivity index (χ1v) is 3.95. The first kappa shape index (κ1) is 10.6. The van der Waals surface area contributed by atoms with Gasteiger partial charge in [-0.1, -0.05) is 0 Å². The zero-order valence-electron chi connectivity index (χ0n) is 7.83. The van der Waals surface area contributed by atoms with Crippen LogP contribution in [0.4, 0.5) is 8.78 Å². The van der Waals surface area contributed by atoms with Gasteiger partial charge in [0.15, 0.2) is 0 Å². The van der Waals surface area contributed by atoms with Crippen molar-refractivity contribution in [2.45, 2.75) is 19.9 Å². The summed E-state index contributed by atoms with van der Waals surface area (Å²) in [5.41, 5.74) is -0.0907. The predicted octanol–water partition coefficient (Wildman–Crippen LogP) is 0.825. The molecule has 0 aliphatic carbocycles. The van der Waals surface area contributed by atoms with E-state index in [4.69, 9.17) is 4.74 Å². The Morgan fingerprint density at radius 1 is 1.64 bits per heavy atom. The molecule has 1 rings (SSSR count). The number of aromatic nitrogens is 2. The maximum absolute atomic E-state index is 12.1. The second-order valence-electron chi connectivity index (χ2n) is 2.72. The smallest absolute Gasteiger partial charge is 0.299 e. The molecule has 0 fully saturated rings. The highest BCUT2D eigenvalue weighted by Gasteiger charge is 2.12. The largest absolute Gasteiger partial charge is 0.468 e. The maximum Gasteiger partial charge on any atom is 0.299 e. The molecule has 0 radical (unpaired) electrons. The molecule has 0 saturated heterocycles. The van der Waals surface area contributed by atoms with Gasteiger partial charge >= 0.3 is 0 Å². The first-order chi connectivity index (χ1) is 6.54. The molecule has 0 atom stereocenters. The van der Waals surface area contributed by atoms with Gasteiger partial charge in [0.2, 0.25) is 0 Å². The second-order valence-corrected chi connectivity index (χ2v) is 2.72. The molecule has 0 saturated carbocycles. The minimum atomic E-state index is -2.61. The standard InChI is InChI=1S/C8H10F2N2O2/c1-5-3-7(13)12(4-6(9)10)8(11-5)14-2/h3,6H,4H2,1-2H3. The van der Waals surface area contributed by atoms with Crippen molar-refractivity contribution in [2.24, 2.45) is 0 Å². The van der Waals surface area contributed by atoms with E-state index in [9.17, 15) is 13.6 Å². The quantitative estimate of drug-likeness (QED) is 0.732. The van der Waals surface area contributed by atoms with Crippen molar-refractivity contribution in [2.75, 3.05) is 7.11 Å². The summed E-state index contributed by atoms with van der Waals surface area (Å²) >= 11 is 0. The van der Waals surface area contributed by atoms with Gasteiger partial charge < -0.3 is 4.74 Å². The lowest BCUT2D eigenvalue weighted by atomic mass is 10.4. The molecule has 0 aliphatic rings. The topological polar surface area (TPSA) is 44.1 Å². The summed E-state index contributed by atoms with van der Waals surface area (Å²) in [6, 6.07) is 1.10. The molecule has 0 aromatic carbocycles. The van der Waals surface area contributed by atoms with Crippen molar-refractivity contribution in [3.05, 3.63) is 22.1 Å². The highest BCUT2D eigenvalue weighted by molar-refractivity contribution is 5.06. The van der Waals surface area contributed by atoms with Crippen LogP contribution in [0.5, 0.6) is 6.01 Å². The Kier molecular flexibility index (Phi) is 3.16. The Morgan fingerprint density at radius 2 is 2.29 bits per heavy atom. The lowest BCUT2D eigenvalue weighted by Crippen LogP contribution is -2.25. The fourth-order valence-electron chi connectivity index (χ4n) is 1.06. The zero-order chi connectivity index (χ0) is 10.7. The summed E-state index contributed by atoms with van der Waals surface area (Å²) in [5.74, 6) is 0. The van der Waals surface area contributed by atoms with Gasteiger partial charge in [-0.2, -0.15) is 0 Å². The van der Waals surface area contributed by atoms with E-state index in [-0.39, 0.29) is 6.01 Å². The molecule has 78 valence electrons. The molecular weight excluding hydrogens is 194 g/mol. The fraction of sp³-hybridized carbons (Fsp3) is 0.500. The SMILES string of the molecule is COc1nc(C)cc(=O)n1CC(F)F. The molecule has 0 spiro atoms. The average molecular weight is 204 g/mol. The Hall–Kier alpha value is -1.46. The second kappa shape index (κ2) is 4.17. The van der Waals surface area contributed by atoms with Crippen molar-refractivity contribution >= 4 is 0 Å². The van der Waals surface area contributed by atoms with E-state index in [0.29, 0.717) is 5.69 Å². The Bertz CT molecular complexity index is 376. The van der Waals surface area contributed by atoms with Crippen LogP contribution in [0, 0.1) is 6.92 Å². The van der Waals surface area contributed by atoms with Gasteiger partial charge in [0, 0.05) is 11.8 Å². The molecular formula is C8H10F2N2O2. The average Bonchev–Trinajstić information content (AvgIpc) is 2.08. The van der Waals surface area contributed by atoms with Gasteiger partial charge in [-0.05, 0) is 6.92 Å². The molecule has 0 N–H and O–H groups in total. The van der Waals surface area contributed by atoms with Crippen LogP contribution in [-0.4, -0.2) is 23.1 Å². The third-order valence-electron chi connectivity index (χ3n) is 1.60. The van der Waals surface area contributed by atoms with Gasteiger partial charge in [0.25, 0.3) is 18.0 Å². The first-order valence-electron chi connectivity index (χ1n) is 3.95. The number of alkyl halides is 2. The minimum absolute atomic E-state index is 0.0877. The van der Waals surface area contributed by atoms with Crippen LogP contribution in [0.15, 0.2) is 10.9 Å². The minimum Gasteiger partial charge on any atom is -0.468 e. The third-order valence-corrected chi connectivity index (χ3v) is 1.60. The Labute approximate surface area is 79.1 Å². The number of nitrogens with zero attached hydrogens (tertiary/aromatic N) is 2. The number of aryl methyl sites for hydroxylation is 1. The van der Waals surface area contributed by atoms with Gasteiger partial charge in [0.1, 0.15) is 0 Å². The summed E-state index contributed by atoms with van der Waals surface area (Å²) in [7, 11) is 1.28. The van der Waals surface area contributed by atoms with Crippen LogP contribution in [0.1, 0.15) is 5.69 Å². The Morgan fingerprint density at radius 3 is 2.79 bits per heavy atom. The van der Waals surface area contributed by atoms with Gasteiger partial charge in [-0.25, -0.2) is 13.8 Å². The summed E-state index contributed by atoms with van der Waals surface area (Å²) in [6.07, 6.45) is -2.61. The van der Waals surface area contributed by atoms with E-state index < -0.39 is 18.5 Å². The predicted molar refractivity (Wildman–Crippen MR) is 45.8 cm³/mol. The summed E-state index contributed by atoms with van der Waals surface area (Å²) in [5, 5.41) is 0. The maximum atomic E-state index is 12.1. The van der Waals surface area contributed by atoms with Crippen LogP contribution in [-0.2, 0) is 6.54 Å². The molecule has 0 unspecified atom stereocenters. The van der Waals surface area contributed by atoms with Gasteiger partial charge in [-0.3, -0.25) is 9.36 Å². The number of hydrogen-bond donors (Lipinski definition) is 0. The van der Waals surface area contributed by atoms with Crippen molar-refractivity contribution < 1.29 is 13.5 Å². The lowest BCUT2D eigenvalue weighted by molar-refractivity contribution is 0.120. The van der Waals surface area contributed by atoms with Gasteiger partial charge in [0.05, 0.1) is 13.7 Å². The number of hydrogen-bond acceptors (Lipinski definition) is 3. The summed E-state index contributed by atoms with van der Waals surface area (Å²) in [6.45, 7) is 0.895. The van der Waals surface area contributed by atoms with E-state index in [0.717, 1.165) is 4.57 Å². The highest BCUT2D eigenvalue weighted by Crippen LogP contribution is 2.06. The monoisotopic (exact) mass is 204 g/mol. The van der Waals surface area contributed by atoms with E-state index in [2.05, 4.69) is 4.98 Å². The van der Waals surface area contributed by atoms with Crippen molar-refractivity contribution in [3.63, 3.8) is 0 Å². The summed E-state index contributed by atoms with van der Waals surface area (Å²) in [4.78, 5) is 15.1. The van der Waals surface area contributed by atoms with Crippen LogP contribution >= 0.6 is 0 Å². The van der Waals surface area contributed by atoms with E-state index in [1.807, 2.05) is 0 Å². The van der Waals surface area contributed by atoms with Crippen molar-refractivity contribution in [1.29, 1.82) is 0 Å². The number of halogens is 2. The van der Waals surface area contributed by atoms with Crippen LogP contribution in [0.3, 0.4) is 0 Å². The Balaban J connectivity index is 3.19. The number of methoxy groups -OCH3 is 1. The van der Waals surface area contributed by atoms with Crippen LogP contribution in [0.25, 0.3) is 0 Å². The van der Waals surface area contributed by atoms with E-state index in [1.165, 1.54) is 13.2 Å². The molecule has 4 nitrogen and oxygen atoms in total. The number of ether oxygens (including phenoxy) is 1. The summed E-state index contributed by atoms with van der Waals surface area (Å²) < 4.78 is 29.7. The molecule has 6 heteroatoms. The third kappa shape index (κ3) is 2.27. The zero-order valence-corrected chi connectivity index (χ0v) is 7.83. The molecule has 0 aliphatic heterocycles. The fourth-order valence-corrected chi connectivity index (χ4v) is 1.06. The van der Waals surface area contributed by atoms with Gasteiger partial charge in [-0.15, -0.1) is 0 Å². The van der Waals surface area contributed by atoms with E-state index in [1.54, 1.807) is 6.92 Å². The molecule has 1 aromatic heterocycles. The number of rotatable bonds is 3.